The molecular formula is C10H21NO2. The van der Waals surface area contributed by atoms with Crippen molar-refractivity contribution in [2.24, 2.45) is 0 Å². The maximum atomic E-state index is 10.9. The van der Waals surface area contributed by atoms with Crippen molar-refractivity contribution in [1.29, 1.82) is 0 Å². The van der Waals surface area contributed by atoms with Crippen LogP contribution in [-0.2, 0) is 9.53 Å². The normalized spacial score (nSPS) is 10.5. The predicted octanol–water partition coefficient (Wildman–Crippen LogP) is 1.72. The Morgan fingerprint density at radius 1 is 1.31 bits per heavy atom. The Bertz CT molecular complexity index is 133. The summed E-state index contributed by atoms with van der Waals surface area (Å²) >= 11 is 0. The maximum Gasteiger partial charge on any atom is 0.307 e. The zero-order valence-electron chi connectivity index (χ0n) is 8.93. The van der Waals surface area contributed by atoms with E-state index in [-0.39, 0.29) is 5.97 Å². The molecule has 0 rings (SSSR count). The van der Waals surface area contributed by atoms with Crippen LogP contribution >= 0.6 is 0 Å². The summed E-state index contributed by atoms with van der Waals surface area (Å²) in [6.07, 6.45) is 2.70. The van der Waals surface area contributed by atoms with Crippen molar-refractivity contribution < 1.29 is 9.53 Å². The lowest BCUT2D eigenvalue weighted by molar-refractivity contribution is -0.143. The number of ether oxygens (including phenoxy) is 1. The van der Waals surface area contributed by atoms with Gasteiger partial charge in [-0.15, -0.1) is 0 Å². The average molecular weight is 187 g/mol. The van der Waals surface area contributed by atoms with Gasteiger partial charge in [-0.1, -0.05) is 13.8 Å². The molecule has 0 aliphatic rings. The Morgan fingerprint density at radius 3 is 2.38 bits per heavy atom. The molecule has 0 aliphatic carbocycles. The summed E-state index contributed by atoms with van der Waals surface area (Å²) in [5.41, 5.74) is 0. The van der Waals surface area contributed by atoms with Crippen molar-refractivity contribution in [1.82, 2.24) is 5.32 Å². The van der Waals surface area contributed by atoms with Gasteiger partial charge in [-0.25, -0.2) is 0 Å². The van der Waals surface area contributed by atoms with E-state index in [1.807, 2.05) is 6.92 Å². The number of esters is 1. The van der Waals surface area contributed by atoms with Crippen molar-refractivity contribution in [3.8, 4) is 0 Å². The molecule has 13 heavy (non-hydrogen) atoms. The van der Waals surface area contributed by atoms with Gasteiger partial charge in [0.15, 0.2) is 0 Å². The number of hydrogen-bond donors (Lipinski definition) is 1. The van der Waals surface area contributed by atoms with Crippen LogP contribution in [0.1, 0.15) is 40.0 Å². The molecule has 3 nitrogen and oxygen atoms in total. The standard InChI is InChI=1S/C10H21NO2/c1-4-9(5-2)11-8-7-10(12)13-6-3/h9,11H,4-8H2,1-3H3. The SMILES string of the molecule is CCOC(=O)CCNC(CC)CC. The topological polar surface area (TPSA) is 38.3 Å². The van der Waals surface area contributed by atoms with Crippen molar-refractivity contribution in [3.63, 3.8) is 0 Å². The molecule has 0 aromatic heterocycles. The van der Waals surface area contributed by atoms with Crippen LogP contribution in [0.2, 0.25) is 0 Å². The van der Waals surface area contributed by atoms with Crippen molar-refractivity contribution >= 4 is 5.97 Å². The van der Waals surface area contributed by atoms with Gasteiger partial charge in [0.05, 0.1) is 13.0 Å². The van der Waals surface area contributed by atoms with Gasteiger partial charge < -0.3 is 10.1 Å². The van der Waals surface area contributed by atoms with E-state index in [1.165, 1.54) is 0 Å². The molecule has 0 amide bonds. The molecule has 0 aromatic rings. The molecule has 0 aliphatic heterocycles. The number of carbonyl (C=O) groups excluding carboxylic acids is 1. The lowest BCUT2D eigenvalue weighted by Crippen LogP contribution is -2.30. The van der Waals surface area contributed by atoms with E-state index in [4.69, 9.17) is 4.74 Å². The van der Waals surface area contributed by atoms with Crippen LogP contribution in [0.3, 0.4) is 0 Å². The van der Waals surface area contributed by atoms with Crippen molar-refractivity contribution in [2.45, 2.75) is 46.1 Å². The monoisotopic (exact) mass is 187 g/mol. The summed E-state index contributed by atoms with van der Waals surface area (Å²) in [5.74, 6) is -0.110. The van der Waals surface area contributed by atoms with E-state index >= 15 is 0 Å². The predicted molar refractivity (Wildman–Crippen MR) is 53.6 cm³/mol. The summed E-state index contributed by atoms with van der Waals surface area (Å²) < 4.78 is 4.81. The molecule has 0 fully saturated rings. The first-order valence-electron chi connectivity index (χ1n) is 5.13. The fraction of sp³-hybridized carbons (Fsp3) is 0.900. The van der Waals surface area contributed by atoms with Crippen LogP contribution in [0, 0.1) is 0 Å². The molecule has 0 spiro atoms. The first kappa shape index (κ1) is 12.4. The van der Waals surface area contributed by atoms with Gasteiger partial charge in [0, 0.05) is 12.6 Å². The Hall–Kier alpha value is -0.570. The highest BCUT2D eigenvalue weighted by molar-refractivity contribution is 5.69. The smallest absolute Gasteiger partial charge is 0.307 e. The summed E-state index contributed by atoms with van der Waals surface area (Å²) in [7, 11) is 0. The second-order valence-corrected chi connectivity index (χ2v) is 3.02. The Balaban J connectivity index is 3.37. The number of nitrogens with one attached hydrogen (secondary N) is 1. The van der Waals surface area contributed by atoms with Crippen LogP contribution in [0.15, 0.2) is 0 Å². The fourth-order valence-electron chi connectivity index (χ4n) is 1.19. The quantitative estimate of drug-likeness (QED) is 0.617. The zero-order valence-corrected chi connectivity index (χ0v) is 8.93. The van der Waals surface area contributed by atoms with E-state index in [0.717, 1.165) is 19.4 Å². The van der Waals surface area contributed by atoms with Gasteiger partial charge in [-0.05, 0) is 19.8 Å². The average Bonchev–Trinajstić information content (AvgIpc) is 2.13. The van der Waals surface area contributed by atoms with Gasteiger partial charge in [0.1, 0.15) is 0 Å². The van der Waals surface area contributed by atoms with Gasteiger partial charge in [-0.3, -0.25) is 4.79 Å². The third-order valence-electron chi connectivity index (χ3n) is 2.05. The lowest BCUT2D eigenvalue weighted by atomic mass is 10.2. The second-order valence-electron chi connectivity index (χ2n) is 3.02. The molecule has 0 atom stereocenters. The van der Waals surface area contributed by atoms with E-state index in [0.29, 0.717) is 19.1 Å². The highest BCUT2D eigenvalue weighted by atomic mass is 16.5. The first-order chi connectivity index (χ1) is 6.24. The molecule has 0 unspecified atom stereocenters. The van der Waals surface area contributed by atoms with Crippen LogP contribution < -0.4 is 5.32 Å². The van der Waals surface area contributed by atoms with Crippen LogP contribution in [0.4, 0.5) is 0 Å². The summed E-state index contributed by atoms with van der Waals surface area (Å²) in [5, 5.41) is 3.31. The molecular weight excluding hydrogens is 166 g/mol. The number of hydrogen-bond acceptors (Lipinski definition) is 3. The highest BCUT2D eigenvalue weighted by Crippen LogP contribution is 1.96. The van der Waals surface area contributed by atoms with Crippen LogP contribution in [0.5, 0.6) is 0 Å². The molecule has 3 heteroatoms. The van der Waals surface area contributed by atoms with E-state index < -0.39 is 0 Å². The fourth-order valence-corrected chi connectivity index (χ4v) is 1.19. The summed E-state index contributed by atoms with van der Waals surface area (Å²) in [4.78, 5) is 10.9. The summed E-state index contributed by atoms with van der Waals surface area (Å²) in [6.45, 7) is 7.32. The lowest BCUT2D eigenvalue weighted by Gasteiger charge is -2.13. The molecule has 0 heterocycles. The maximum absolute atomic E-state index is 10.9. The van der Waals surface area contributed by atoms with E-state index in [1.54, 1.807) is 0 Å². The zero-order chi connectivity index (χ0) is 10.1. The molecule has 0 bridgehead atoms. The minimum Gasteiger partial charge on any atom is -0.466 e. The van der Waals surface area contributed by atoms with Crippen molar-refractivity contribution in [3.05, 3.63) is 0 Å². The molecule has 0 radical (unpaired) electrons. The second kappa shape index (κ2) is 8.05. The molecule has 0 saturated carbocycles. The molecule has 0 aromatic carbocycles. The van der Waals surface area contributed by atoms with Crippen LogP contribution in [0.25, 0.3) is 0 Å². The number of carbonyl (C=O) groups is 1. The molecule has 1 N–H and O–H groups in total. The van der Waals surface area contributed by atoms with Crippen LogP contribution in [-0.4, -0.2) is 25.2 Å². The molecule has 78 valence electrons. The Kier molecular flexibility index (Phi) is 7.69. The molecule has 0 saturated heterocycles. The van der Waals surface area contributed by atoms with E-state index in [2.05, 4.69) is 19.2 Å². The largest absolute Gasteiger partial charge is 0.466 e. The Morgan fingerprint density at radius 2 is 1.92 bits per heavy atom. The highest BCUT2D eigenvalue weighted by Gasteiger charge is 2.04. The van der Waals surface area contributed by atoms with Crippen molar-refractivity contribution in [2.75, 3.05) is 13.2 Å². The minimum absolute atomic E-state index is 0.110. The van der Waals surface area contributed by atoms with Gasteiger partial charge >= 0.3 is 5.97 Å². The number of rotatable bonds is 7. The van der Waals surface area contributed by atoms with Gasteiger partial charge in [0.2, 0.25) is 0 Å². The summed E-state index contributed by atoms with van der Waals surface area (Å²) in [6, 6.07) is 0.537. The van der Waals surface area contributed by atoms with E-state index in [9.17, 15) is 4.79 Å². The third-order valence-corrected chi connectivity index (χ3v) is 2.05. The Labute approximate surface area is 80.8 Å². The minimum atomic E-state index is -0.110. The van der Waals surface area contributed by atoms with Gasteiger partial charge in [0.25, 0.3) is 0 Å². The van der Waals surface area contributed by atoms with Gasteiger partial charge in [-0.2, -0.15) is 0 Å². The third kappa shape index (κ3) is 6.58. The first-order valence-corrected chi connectivity index (χ1v) is 5.13.